The molecule has 0 N–H and O–H groups in total. The Hall–Kier alpha value is -6.43. The Balaban J connectivity index is 1.31. The van der Waals surface area contributed by atoms with E-state index in [0.29, 0.717) is 17.1 Å². The highest BCUT2D eigenvalue weighted by Gasteiger charge is 2.15. The third kappa shape index (κ3) is 4.14. The lowest BCUT2D eigenvalue weighted by Crippen LogP contribution is -1.94. The van der Waals surface area contributed by atoms with Crippen LogP contribution in [-0.2, 0) is 0 Å². The Morgan fingerprint density at radius 3 is 2.16 bits per heavy atom. The average Bonchev–Trinajstić information content (AvgIpc) is 3.76. The zero-order chi connectivity index (χ0) is 32.8. The molecule has 0 aliphatic rings. The Morgan fingerprint density at radius 1 is 0.420 bits per heavy atom. The first-order chi connectivity index (χ1) is 24.7. The molecule has 6 bridgehead atoms. The topological polar surface area (TPSA) is 51.8 Å². The predicted molar refractivity (Wildman–Crippen MR) is 210 cm³/mol. The van der Waals surface area contributed by atoms with Gasteiger partial charge in [0, 0.05) is 52.8 Å². The summed E-state index contributed by atoms with van der Waals surface area (Å²) < 4.78 is 8.93. The molecule has 50 heavy (non-hydrogen) atoms. The number of thiophene rings is 1. The minimum atomic E-state index is 0.648. The lowest BCUT2D eigenvalue weighted by atomic mass is 9.96. The lowest BCUT2D eigenvalue weighted by molar-refractivity contribution is 0.670. The summed E-state index contributed by atoms with van der Waals surface area (Å²) >= 11 is 1.81. The van der Waals surface area contributed by atoms with Gasteiger partial charge in [0.25, 0.3) is 0 Å². The Bertz CT molecular complexity index is 3220. The smallest absolute Gasteiger partial charge is 0.164 e. The molecule has 11 aromatic rings. The van der Waals surface area contributed by atoms with Crippen LogP contribution in [0.25, 0.3) is 108 Å². The van der Waals surface area contributed by atoms with Gasteiger partial charge in [0.05, 0.1) is 0 Å². The van der Waals surface area contributed by atoms with Crippen molar-refractivity contribution in [2.75, 3.05) is 0 Å². The van der Waals surface area contributed by atoms with Gasteiger partial charge in [-0.15, -0.1) is 11.3 Å². The van der Waals surface area contributed by atoms with Gasteiger partial charge in [-0.2, -0.15) is 0 Å². The highest BCUT2D eigenvalue weighted by Crippen LogP contribution is 2.41. The third-order valence-electron chi connectivity index (χ3n) is 9.88. The molecule has 0 aliphatic heterocycles. The minimum absolute atomic E-state index is 0.648. The number of benzene rings is 7. The van der Waals surface area contributed by atoms with Crippen LogP contribution >= 0.6 is 11.3 Å². The monoisotopic (exact) mass is 655 g/mol. The van der Waals surface area contributed by atoms with Crippen LogP contribution in [-0.4, -0.2) is 15.0 Å². The van der Waals surface area contributed by atoms with Crippen LogP contribution in [0, 0.1) is 0 Å². The fraction of sp³-hybridized carbons (Fsp3) is 0. The van der Waals surface area contributed by atoms with Crippen molar-refractivity contribution in [2.24, 2.45) is 0 Å². The molecule has 232 valence electrons. The zero-order valence-corrected chi connectivity index (χ0v) is 27.4. The standard InChI is InChI=1S/C45H25N3OS/c1-2-9-26(10-3-1)43-46-44-30-12-6-11-27(23-30)36-24-29(32-14-7-15-34-33-13-4-5-17-38(33)49-42(32)34)19-21-31(36)28-20-22-39-37(25-28)41-35(45(47-43)48-44)16-8-18-40(41)50-39/h1-25H. The number of nitrogens with zero attached hydrogens (tertiary/aromatic N) is 3. The molecule has 5 heteroatoms. The Labute approximate surface area is 289 Å². The molecule has 4 heterocycles. The van der Waals surface area contributed by atoms with Crippen molar-refractivity contribution in [3.63, 3.8) is 0 Å². The first kappa shape index (κ1) is 27.5. The summed E-state index contributed by atoms with van der Waals surface area (Å²) in [7, 11) is 0. The molecule has 0 fully saturated rings. The number of hydrogen-bond acceptors (Lipinski definition) is 5. The van der Waals surface area contributed by atoms with Gasteiger partial charge in [0.15, 0.2) is 17.1 Å². The quantitative estimate of drug-likeness (QED) is 0.186. The fourth-order valence-corrected chi connectivity index (χ4v) is 8.64. The van der Waals surface area contributed by atoms with Crippen molar-refractivity contribution >= 4 is 97.1 Å². The molecule has 4 nitrogen and oxygen atoms in total. The molecule has 0 aliphatic carbocycles. The van der Waals surface area contributed by atoms with Gasteiger partial charge in [0.2, 0.25) is 0 Å². The number of rotatable bonds is 2. The molecule has 0 amide bonds. The van der Waals surface area contributed by atoms with Gasteiger partial charge in [-0.05, 0) is 63.5 Å². The molecule has 0 saturated heterocycles. The maximum atomic E-state index is 6.49. The summed E-state index contributed by atoms with van der Waals surface area (Å²) in [6, 6.07) is 53.6. The van der Waals surface area contributed by atoms with Crippen molar-refractivity contribution in [3.05, 3.63) is 152 Å². The van der Waals surface area contributed by atoms with Crippen molar-refractivity contribution in [2.45, 2.75) is 0 Å². The third-order valence-corrected chi connectivity index (χ3v) is 11.0. The normalized spacial score (nSPS) is 12.0. The van der Waals surface area contributed by atoms with E-state index in [9.17, 15) is 0 Å². The zero-order valence-electron chi connectivity index (χ0n) is 26.6. The van der Waals surface area contributed by atoms with Crippen LogP contribution in [0.1, 0.15) is 0 Å². The van der Waals surface area contributed by atoms with E-state index >= 15 is 0 Å². The van der Waals surface area contributed by atoms with Crippen LogP contribution in [0.2, 0.25) is 0 Å². The second-order valence-electron chi connectivity index (χ2n) is 12.8. The summed E-state index contributed by atoms with van der Waals surface area (Å²) in [6.07, 6.45) is 0. The van der Waals surface area contributed by atoms with Crippen LogP contribution in [0.4, 0.5) is 0 Å². The maximum absolute atomic E-state index is 6.49. The second-order valence-corrected chi connectivity index (χ2v) is 13.9. The van der Waals surface area contributed by atoms with Gasteiger partial charge >= 0.3 is 0 Å². The van der Waals surface area contributed by atoms with E-state index in [0.717, 1.165) is 70.9 Å². The van der Waals surface area contributed by atoms with Crippen molar-refractivity contribution in [3.8, 4) is 22.5 Å². The highest BCUT2D eigenvalue weighted by atomic mass is 32.1. The minimum Gasteiger partial charge on any atom is -0.455 e. The predicted octanol–water partition coefficient (Wildman–Crippen LogP) is 12.6. The average molecular weight is 656 g/mol. The number of fused-ring (bicyclic) bond motifs is 13. The van der Waals surface area contributed by atoms with Crippen molar-refractivity contribution in [1.82, 2.24) is 15.0 Å². The van der Waals surface area contributed by atoms with E-state index in [4.69, 9.17) is 19.4 Å². The van der Waals surface area contributed by atoms with Crippen LogP contribution < -0.4 is 0 Å². The summed E-state index contributed by atoms with van der Waals surface area (Å²) in [5, 5.41) is 11.1. The lowest BCUT2D eigenvalue weighted by Gasteiger charge is -2.07. The number of aromatic nitrogens is 3. The molecular weight excluding hydrogens is 631 g/mol. The number of furan rings is 1. The van der Waals surface area contributed by atoms with Crippen molar-refractivity contribution < 1.29 is 4.42 Å². The molecule has 7 aromatic carbocycles. The molecule has 4 aromatic heterocycles. The highest BCUT2D eigenvalue weighted by molar-refractivity contribution is 7.26. The van der Waals surface area contributed by atoms with Crippen LogP contribution in [0.5, 0.6) is 0 Å². The van der Waals surface area contributed by atoms with Crippen LogP contribution in [0.15, 0.2) is 156 Å². The van der Waals surface area contributed by atoms with Gasteiger partial charge in [0.1, 0.15) is 11.2 Å². The molecule has 0 spiro atoms. The second kappa shape index (κ2) is 10.5. The number of para-hydroxylation sites is 2. The number of hydrogen-bond donors (Lipinski definition) is 0. The van der Waals surface area contributed by atoms with Gasteiger partial charge in [-0.1, -0.05) is 115 Å². The maximum Gasteiger partial charge on any atom is 0.164 e. The fourth-order valence-electron chi connectivity index (χ4n) is 7.53. The first-order valence-electron chi connectivity index (χ1n) is 16.7. The van der Waals surface area contributed by atoms with E-state index in [2.05, 4.69) is 121 Å². The van der Waals surface area contributed by atoms with E-state index in [1.54, 1.807) is 11.3 Å². The first-order valence-corrected chi connectivity index (χ1v) is 17.5. The Kier molecular flexibility index (Phi) is 5.80. The summed E-state index contributed by atoms with van der Waals surface area (Å²) in [5.74, 6) is 0.657. The summed E-state index contributed by atoms with van der Waals surface area (Å²) in [5.41, 5.74) is 6.24. The SMILES string of the molecule is c1ccc(-c2nc3nc(n2)c2cccc4sc5ccc(cc5c42)c2ccc(-c4cccc5c4oc4ccccc45)cc2c2cccc3c2)cc1. The summed E-state index contributed by atoms with van der Waals surface area (Å²) in [6.45, 7) is 0. The largest absolute Gasteiger partial charge is 0.455 e. The molecule has 11 rings (SSSR count). The van der Waals surface area contributed by atoms with Gasteiger partial charge in [-0.25, -0.2) is 15.0 Å². The molecule has 0 unspecified atom stereocenters. The summed E-state index contributed by atoms with van der Waals surface area (Å²) in [4.78, 5) is 15.3. The van der Waals surface area contributed by atoms with E-state index in [-0.39, 0.29) is 0 Å². The van der Waals surface area contributed by atoms with Crippen LogP contribution in [0.3, 0.4) is 0 Å². The van der Waals surface area contributed by atoms with E-state index in [1.165, 1.54) is 20.2 Å². The molecular formula is C45H25N3OS. The molecule has 0 atom stereocenters. The molecule has 0 saturated carbocycles. The van der Waals surface area contributed by atoms with Gasteiger partial charge in [-0.3, -0.25) is 0 Å². The Morgan fingerprint density at radius 2 is 1.20 bits per heavy atom. The molecule has 0 radical (unpaired) electrons. The van der Waals surface area contributed by atoms with E-state index in [1.807, 2.05) is 30.3 Å². The van der Waals surface area contributed by atoms with Gasteiger partial charge < -0.3 is 4.42 Å². The van der Waals surface area contributed by atoms with E-state index < -0.39 is 0 Å². The van der Waals surface area contributed by atoms with Crippen molar-refractivity contribution in [1.29, 1.82) is 0 Å².